The van der Waals surface area contributed by atoms with Crippen molar-refractivity contribution in [3.63, 3.8) is 0 Å². The van der Waals surface area contributed by atoms with Gasteiger partial charge in [-0.1, -0.05) is 30.3 Å². The average molecular weight is 399 g/mol. The van der Waals surface area contributed by atoms with Crippen LogP contribution >= 0.6 is 0 Å². The van der Waals surface area contributed by atoms with Gasteiger partial charge in [-0.2, -0.15) is 4.31 Å². The van der Waals surface area contributed by atoms with Crippen LogP contribution in [0.3, 0.4) is 0 Å². The summed E-state index contributed by atoms with van der Waals surface area (Å²) < 4.78 is 33.0. The molecule has 0 saturated carbocycles. The molecule has 0 radical (unpaired) electrons. The number of sulfonamides is 1. The van der Waals surface area contributed by atoms with E-state index in [9.17, 15) is 13.2 Å². The van der Waals surface area contributed by atoms with Gasteiger partial charge in [0.25, 0.3) is 0 Å². The Balaban J connectivity index is 1.45. The van der Waals surface area contributed by atoms with E-state index in [4.69, 9.17) is 4.42 Å². The van der Waals surface area contributed by atoms with E-state index in [1.807, 2.05) is 18.2 Å². The molecule has 0 amide bonds. The van der Waals surface area contributed by atoms with Gasteiger partial charge >= 0.3 is 5.76 Å². The number of nitrogens with one attached hydrogen (secondary N) is 1. The van der Waals surface area contributed by atoms with Crippen LogP contribution in [-0.4, -0.2) is 49.3 Å². The van der Waals surface area contributed by atoms with Crippen molar-refractivity contribution >= 4 is 21.1 Å². The number of aromatic nitrogens is 1. The summed E-state index contributed by atoms with van der Waals surface area (Å²) in [5.74, 6) is -0.0175. The van der Waals surface area contributed by atoms with Gasteiger partial charge in [0, 0.05) is 25.7 Å². The van der Waals surface area contributed by atoms with E-state index in [0.29, 0.717) is 30.1 Å². The lowest BCUT2D eigenvalue weighted by molar-refractivity contribution is 0.261. The highest BCUT2D eigenvalue weighted by Gasteiger charge is 2.49. The van der Waals surface area contributed by atoms with Crippen LogP contribution in [0.2, 0.25) is 0 Å². The number of fused-ring (bicyclic) bond motifs is 2. The minimum atomic E-state index is -3.63. The topological polar surface area (TPSA) is 86.6 Å². The van der Waals surface area contributed by atoms with Gasteiger partial charge < -0.3 is 4.42 Å². The van der Waals surface area contributed by atoms with E-state index in [2.05, 4.69) is 29.1 Å². The maximum absolute atomic E-state index is 13.2. The van der Waals surface area contributed by atoms with Crippen molar-refractivity contribution in [3.8, 4) is 0 Å². The molecule has 0 unspecified atom stereocenters. The van der Waals surface area contributed by atoms with Gasteiger partial charge in [0.05, 0.1) is 10.4 Å². The summed E-state index contributed by atoms with van der Waals surface area (Å²) in [6.07, 6.45) is 0. The van der Waals surface area contributed by atoms with Gasteiger partial charge in [-0.3, -0.25) is 9.88 Å². The fraction of sp³-hybridized carbons (Fsp3) is 0.350. The predicted octanol–water partition coefficient (Wildman–Crippen LogP) is 2.04. The molecule has 2 fully saturated rings. The molecule has 3 atom stereocenters. The van der Waals surface area contributed by atoms with Crippen molar-refractivity contribution in [1.82, 2.24) is 14.2 Å². The molecule has 7 nitrogen and oxygen atoms in total. The van der Waals surface area contributed by atoms with E-state index < -0.39 is 15.8 Å². The van der Waals surface area contributed by atoms with E-state index in [1.165, 1.54) is 23.8 Å². The second kappa shape index (κ2) is 6.30. The van der Waals surface area contributed by atoms with E-state index >= 15 is 0 Å². The first-order valence-corrected chi connectivity index (χ1v) is 10.8. The number of hydrogen-bond donors (Lipinski definition) is 1. The highest BCUT2D eigenvalue weighted by Crippen LogP contribution is 2.45. The summed E-state index contributed by atoms with van der Waals surface area (Å²) in [4.78, 5) is 16.4. The van der Waals surface area contributed by atoms with Gasteiger partial charge in [-0.15, -0.1) is 0 Å². The second-order valence-electron chi connectivity index (χ2n) is 7.71. The van der Waals surface area contributed by atoms with E-state index in [1.54, 1.807) is 4.31 Å². The maximum Gasteiger partial charge on any atom is 0.417 e. The molecule has 1 aromatic heterocycles. The van der Waals surface area contributed by atoms with Gasteiger partial charge in [-0.25, -0.2) is 13.2 Å². The Bertz CT molecular complexity index is 1180. The molecule has 5 rings (SSSR count). The van der Waals surface area contributed by atoms with Crippen LogP contribution in [0.25, 0.3) is 11.1 Å². The lowest BCUT2D eigenvalue weighted by atomic mass is 9.90. The third kappa shape index (κ3) is 2.71. The number of oxazole rings is 1. The molecule has 2 saturated heterocycles. The van der Waals surface area contributed by atoms with Gasteiger partial charge in [0.2, 0.25) is 10.0 Å². The Morgan fingerprint density at radius 3 is 2.64 bits per heavy atom. The zero-order valence-corrected chi connectivity index (χ0v) is 16.2. The van der Waals surface area contributed by atoms with Gasteiger partial charge in [-0.05, 0) is 42.6 Å². The Kier molecular flexibility index (Phi) is 3.97. The average Bonchev–Trinajstić information content (AvgIpc) is 3.32. The van der Waals surface area contributed by atoms with Crippen molar-refractivity contribution in [2.45, 2.75) is 10.9 Å². The van der Waals surface area contributed by atoms with Crippen LogP contribution in [0.5, 0.6) is 0 Å². The number of hydrogen-bond acceptors (Lipinski definition) is 5. The second-order valence-corrected chi connectivity index (χ2v) is 9.65. The smallest absolute Gasteiger partial charge is 0.408 e. The Morgan fingerprint density at radius 1 is 1.07 bits per heavy atom. The number of nitrogens with zero attached hydrogens (tertiary/aromatic N) is 2. The molecule has 146 valence electrons. The summed E-state index contributed by atoms with van der Waals surface area (Å²) in [6.45, 7) is 1.89. The maximum atomic E-state index is 13.2. The number of H-pyrrole nitrogens is 1. The summed E-state index contributed by atoms with van der Waals surface area (Å²) in [5, 5.41) is 0. The zero-order chi connectivity index (χ0) is 19.5. The Hall–Kier alpha value is -2.42. The molecule has 2 aliphatic rings. The summed E-state index contributed by atoms with van der Waals surface area (Å²) in [6, 6.07) is 15.0. The third-order valence-electron chi connectivity index (χ3n) is 6.03. The molecule has 3 aromatic rings. The van der Waals surface area contributed by atoms with Crippen molar-refractivity contribution in [1.29, 1.82) is 0 Å². The third-order valence-corrected chi connectivity index (χ3v) is 7.86. The zero-order valence-electron chi connectivity index (χ0n) is 15.4. The van der Waals surface area contributed by atoms with Gasteiger partial charge in [0.1, 0.15) is 0 Å². The molecular formula is C20H21N3O4S. The SMILES string of the molecule is CN1C[C@H]2CN(S(=O)(=O)c3ccc4oc(=O)[nH]c4c3)C[C@H]2[C@@H]1c1ccccc1. The molecule has 2 aromatic carbocycles. The lowest BCUT2D eigenvalue weighted by Crippen LogP contribution is -2.33. The molecule has 2 aliphatic heterocycles. The molecule has 0 spiro atoms. The first kappa shape index (κ1) is 17.7. The lowest BCUT2D eigenvalue weighted by Gasteiger charge is -2.26. The first-order chi connectivity index (χ1) is 13.4. The van der Waals surface area contributed by atoms with Crippen LogP contribution < -0.4 is 5.76 Å². The van der Waals surface area contributed by atoms with Gasteiger partial charge in [0.15, 0.2) is 5.58 Å². The summed E-state index contributed by atoms with van der Waals surface area (Å²) in [7, 11) is -1.53. The fourth-order valence-corrected chi connectivity index (χ4v) is 6.37. The largest absolute Gasteiger partial charge is 0.417 e. The van der Waals surface area contributed by atoms with Crippen molar-refractivity contribution in [3.05, 3.63) is 64.6 Å². The molecule has 3 heterocycles. The molecular weight excluding hydrogens is 378 g/mol. The van der Waals surface area contributed by atoms with Crippen LogP contribution in [0.15, 0.2) is 62.6 Å². The minimum Gasteiger partial charge on any atom is -0.408 e. The molecule has 28 heavy (non-hydrogen) atoms. The summed E-state index contributed by atoms with van der Waals surface area (Å²) in [5.41, 5.74) is 1.98. The van der Waals surface area contributed by atoms with E-state index in [0.717, 1.165) is 6.54 Å². The molecule has 0 aliphatic carbocycles. The first-order valence-electron chi connectivity index (χ1n) is 9.32. The van der Waals surface area contributed by atoms with Crippen molar-refractivity contribution in [2.24, 2.45) is 11.8 Å². The fourth-order valence-electron chi connectivity index (χ4n) is 4.81. The minimum absolute atomic E-state index is 0.182. The Labute approximate surface area is 162 Å². The highest BCUT2D eigenvalue weighted by atomic mass is 32.2. The highest BCUT2D eigenvalue weighted by molar-refractivity contribution is 7.89. The number of aromatic amines is 1. The molecule has 8 heteroatoms. The Morgan fingerprint density at radius 2 is 1.86 bits per heavy atom. The monoisotopic (exact) mass is 399 g/mol. The van der Waals surface area contributed by atoms with Crippen LogP contribution in [-0.2, 0) is 10.0 Å². The number of likely N-dealkylation sites (tertiary alicyclic amines) is 1. The quantitative estimate of drug-likeness (QED) is 0.728. The standard InChI is InChI=1S/C20H21N3O4S/c1-22-10-14-11-23(12-16(14)19(22)13-5-3-2-4-6-13)28(25,26)15-7-8-18-17(9-15)21-20(24)27-18/h2-9,14,16,19H,10-12H2,1H3,(H,21,24)/t14-,16+,19-/m0/s1. The van der Waals surface area contributed by atoms with Crippen LogP contribution in [0.4, 0.5) is 0 Å². The van der Waals surface area contributed by atoms with E-state index in [-0.39, 0.29) is 16.9 Å². The van der Waals surface area contributed by atoms with Crippen molar-refractivity contribution < 1.29 is 12.8 Å². The normalized spacial score (nSPS) is 26.1. The van der Waals surface area contributed by atoms with Crippen molar-refractivity contribution in [2.75, 3.05) is 26.7 Å². The molecule has 0 bridgehead atoms. The van der Waals surface area contributed by atoms with Crippen LogP contribution in [0, 0.1) is 11.8 Å². The summed E-state index contributed by atoms with van der Waals surface area (Å²) >= 11 is 0. The van der Waals surface area contributed by atoms with Crippen LogP contribution in [0.1, 0.15) is 11.6 Å². The molecule has 1 N–H and O–H groups in total. The number of benzene rings is 2. The predicted molar refractivity (Wildman–Crippen MR) is 104 cm³/mol. The number of rotatable bonds is 3.